The maximum atomic E-state index is 12.8. The molecule has 3 heterocycles. The molecule has 7 heteroatoms. The number of piperidine rings is 1. The van der Waals surface area contributed by atoms with Crippen molar-refractivity contribution in [2.75, 3.05) is 18.8 Å². The van der Waals surface area contributed by atoms with Gasteiger partial charge in [-0.05, 0) is 74.1 Å². The van der Waals surface area contributed by atoms with Crippen molar-refractivity contribution in [1.82, 2.24) is 19.7 Å². The zero-order valence-corrected chi connectivity index (χ0v) is 19.6. The second-order valence-corrected chi connectivity index (χ2v) is 11.5. The number of thiophene rings is 1. The summed E-state index contributed by atoms with van der Waals surface area (Å²) < 4.78 is 2.36. The molecule has 2 aromatic heterocycles. The molecule has 2 aromatic rings. The molecule has 1 aliphatic heterocycles. The summed E-state index contributed by atoms with van der Waals surface area (Å²) in [5.41, 5.74) is 0. The summed E-state index contributed by atoms with van der Waals surface area (Å²) in [6, 6.07) is 4.59. The van der Waals surface area contributed by atoms with E-state index in [1.165, 1.54) is 37.0 Å². The molecule has 2 bridgehead atoms. The number of thioether (sulfide) groups is 1. The van der Waals surface area contributed by atoms with Crippen molar-refractivity contribution in [3.8, 4) is 10.7 Å². The summed E-state index contributed by atoms with van der Waals surface area (Å²) in [6.07, 6.45) is 7.89. The summed E-state index contributed by atoms with van der Waals surface area (Å²) in [6.45, 7) is 6.39. The van der Waals surface area contributed by atoms with Crippen LogP contribution in [-0.2, 0) is 4.79 Å². The van der Waals surface area contributed by atoms with Crippen LogP contribution < -0.4 is 0 Å². The van der Waals surface area contributed by atoms with Gasteiger partial charge >= 0.3 is 0 Å². The van der Waals surface area contributed by atoms with Gasteiger partial charge in [0.25, 0.3) is 0 Å². The third-order valence-corrected chi connectivity index (χ3v) is 9.35. The third kappa shape index (κ3) is 3.95. The van der Waals surface area contributed by atoms with E-state index in [1.807, 2.05) is 4.90 Å². The Balaban J connectivity index is 1.36. The summed E-state index contributed by atoms with van der Waals surface area (Å²) in [7, 11) is 0. The van der Waals surface area contributed by atoms with Crippen molar-refractivity contribution >= 4 is 29.0 Å². The number of carbonyl (C=O) groups excluding carboxylic acids is 1. The summed E-state index contributed by atoms with van der Waals surface area (Å²) in [5.74, 6) is 4.75. The lowest BCUT2D eigenvalue weighted by Gasteiger charge is -2.31. The average molecular weight is 445 g/mol. The number of rotatable bonds is 6. The minimum absolute atomic E-state index is 0.242. The maximum Gasteiger partial charge on any atom is 0.233 e. The van der Waals surface area contributed by atoms with E-state index in [9.17, 15) is 4.79 Å². The van der Waals surface area contributed by atoms with Crippen LogP contribution in [0, 0.1) is 23.7 Å². The highest BCUT2D eigenvalue weighted by molar-refractivity contribution is 7.99. The number of carbonyl (C=O) groups is 1. The van der Waals surface area contributed by atoms with Crippen LogP contribution in [0.15, 0.2) is 22.7 Å². The molecule has 3 fully saturated rings. The molecule has 1 amide bonds. The lowest BCUT2D eigenvalue weighted by Crippen LogP contribution is -2.40. The summed E-state index contributed by atoms with van der Waals surface area (Å²) in [4.78, 5) is 16.1. The fraction of sp³-hybridized carbons (Fsp3) is 0.696. The van der Waals surface area contributed by atoms with Crippen molar-refractivity contribution < 1.29 is 4.79 Å². The van der Waals surface area contributed by atoms with Gasteiger partial charge in [-0.3, -0.25) is 9.36 Å². The van der Waals surface area contributed by atoms with Gasteiger partial charge in [0.15, 0.2) is 11.0 Å². The van der Waals surface area contributed by atoms with Gasteiger partial charge in [-0.2, -0.15) is 0 Å². The number of hydrogen-bond acceptors (Lipinski definition) is 5. The topological polar surface area (TPSA) is 51.0 Å². The second kappa shape index (κ2) is 8.65. The number of fused-ring (bicyclic) bond motifs is 2. The standard InChI is InChI=1S/C23H32N4OS2/c1-15-5-3-9-26(13-15)21(28)14-30-23-25-24-22(20-6-4-10-29-20)27(23)16(2)19-12-17-7-8-18(19)11-17/h4,6,10,15-19H,3,5,7-9,11-14H2,1-2H3. The second-order valence-electron chi connectivity index (χ2n) is 9.61. The molecule has 1 saturated heterocycles. The highest BCUT2D eigenvalue weighted by Gasteiger charge is 2.43. The Morgan fingerprint density at radius 3 is 2.90 bits per heavy atom. The molecule has 5 nitrogen and oxygen atoms in total. The highest BCUT2D eigenvalue weighted by atomic mass is 32.2. The normalized spacial score (nSPS) is 29.5. The molecule has 2 saturated carbocycles. The minimum atomic E-state index is 0.242. The Kier molecular flexibility index (Phi) is 5.93. The van der Waals surface area contributed by atoms with Crippen LogP contribution in [0.3, 0.4) is 0 Å². The van der Waals surface area contributed by atoms with Crippen molar-refractivity contribution in [3.63, 3.8) is 0 Å². The molecule has 162 valence electrons. The Morgan fingerprint density at radius 2 is 2.20 bits per heavy atom. The lowest BCUT2D eigenvalue weighted by molar-refractivity contribution is -0.130. The van der Waals surface area contributed by atoms with E-state index in [0.717, 1.165) is 42.3 Å². The van der Waals surface area contributed by atoms with Crippen LogP contribution in [0.25, 0.3) is 10.7 Å². The molecule has 5 rings (SSSR count). The molecule has 0 aromatic carbocycles. The van der Waals surface area contributed by atoms with Crippen LogP contribution in [0.1, 0.15) is 58.4 Å². The third-order valence-electron chi connectivity index (χ3n) is 7.56. The van der Waals surface area contributed by atoms with E-state index in [2.05, 4.69) is 46.1 Å². The van der Waals surface area contributed by atoms with E-state index in [1.54, 1.807) is 23.1 Å². The van der Waals surface area contributed by atoms with Crippen molar-refractivity contribution in [2.45, 2.75) is 63.6 Å². The van der Waals surface area contributed by atoms with Crippen molar-refractivity contribution in [1.29, 1.82) is 0 Å². The van der Waals surface area contributed by atoms with Gasteiger partial charge in [0.1, 0.15) is 0 Å². The largest absolute Gasteiger partial charge is 0.342 e. The first-order valence-electron chi connectivity index (χ1n) is 11.5. The van der Waals surface area contributed by atoms with E-state index in [4.69, 9.17) is 0 Å². The smallest absolute Gasteiger partial charge is 0.233 e. The predicted octanol–water partition coefficient (Wildman–Crippen LogP) is 5.35. The van der Waals surface area contributed by atoms with Crippen molar-refractivity contribution in [2.24, 2.45) is 23.7 Å². The number of hydrogen-bond donors (Lipinski definition) is 0. The predicted molar refractivity (Wildman–Crippen MR) is 123 cm³/mol. The first kappa shape index (κ1) is 20.6. The molecule has 0 radical (unpaired) electrons. The Labute approximate surface area is 187 Å². The maximum absolute atomic E-state index is 12.8. The Morgan fingerprint density at radius 1 is 1.30 bits per heavy atom. The van der Waals surface area contributed by atoms with E-state index in [0.29, 0.717) is 23.6 Å². The average Bonchev–Trinajstić information content (AvgIpc) is 3.55. The highest BCUT2D eigenvalue weighted by Crippen LogP contribution is 2.53. The first-order valence-corrected chi connectivity index (χ1v) is 13.4. The zero-order valence-electron chi connectivity index (χ0n) is 18.0. The van der Waals surface area contributed by atoms with Gasteiger partial charge in [0.05, 0.1) is 10.6 Å². The van der Waals surface area contributed by atoms with E-state index in [-0.39, 0.29) is 5.91 Å². The molecule has 2 aliphatic carbocycles. The minimum Gasteiger partial charge on any atom is -0.342 e. The fourth-order valence-electron chi connectivity index (χ4n) is 6.03. The molecule has 5 atom stereocenters. The molecular weight excluding hydrogens is 412 g/mol. The molecule has 3 aliphatic rings. The molecule has 0 spiro atoms. The van der Waals surface area contributed by atoms with Crippen molar-refractivity contribution in [3.05, 3.63) is 17.5 Å². The van der Waals surface area contributed by atoms with E-state index >= 15 is 0 Å². The number of likely N-dealkylation sites (tertiary alicyclic amines) is 1. The van der Waals surface area contributed by atoms with Gasteiger partial charge in [-0.25, -0.2) is 0 Å². The molecular formula is C23H32N4OS2. The quantitative estimate of drug-likeness (QED) is 0.563. The zero-order chi connectivity index (χ0) is 20.7. The van der Waals surface area contributed by atoms with Gasteiger partial charge in [0.2, 0.25) is 5.91 Å². The monoisotopic (exact) mass is 444 g/mol. The van der Waals surface area contributed by atoms with E-state index < -0.39 is 0 Å². The molecule has 0 N–H and O–H groups in total. The number of nitrogens with zero attached hydrogens (tertiary/aromatic N) is 4. The van der Waals surface area contributed by atoms with Crippen LogP contribution >= 0.6 is 23.1 Å². The summed E-state index contributed by atoms with van der Waals surface area (Å²) in [5, 5.41) is 12.2. The lowest BCUT2D eigenvalue weighted by atomic mass is 9.84. The van der Waals surface area contributed by atoms with Crippen LogP contribution in [0.2, 0.25) is 0 Å². The van der Waals surface area contributed by atoms with Crippen LogP contribution in [0.4, 0.5) is 0 Å². The first-order chi connectivity index (χ1) is 14.6. The van der Waals surface area contributed by atoms with Gasteiger partial charge in [0, 0.05) is 19.1 Å². The fourth-order valence-corrected chi connectivity index (χ4v) is 7.66. The van der Waals surface area contributed by atoms with Gasteiger partial charge in [-0.1, -0.05) is 31.2 Å². The number of aromatic nitrogens is 3. The SMILES string of the molecule is CC1CCCN(C(=O)CSc2nnc(-c3cccs3)n2C(C)C2CC3CCC2C3)C1. The van der Waals surface area contributed by atoms with Crippen LogP contribution in [0.5, 0.6) is 0 Å². The Bertz CT molecular complexity index is 880. The molecule has 5 unspecified atom stereocenters. The molecule has 30 heavy (non-hydrogen) atoms. The van der Waals surface area contributed by atoms with Gasteiger partial charge in [-0.15, -0.1) is 21.5 Å². The summed E-state index contributed by atoms with van der Waals surface area (Å²) >= 11 is 3.30. The van der Waals surface area contributed by atoms with Crippen LogP contribution in [-0.4, -0.2) is 44.4 Å². The number of amides is 1. The van der Waals surface area contributed by atoms with Gasteiger partial charge < -0.3 is 4.90 Å². The Hall–Kier alpha value is -1.34.